The molecule has 4 heteroatoms. The Morgan fingerprint density at radius 1 is 0.583 bits per heavy atom. The minimum absolute atomic E-state index is 0.230. The van der Waals surface area contributed by atoms with Gasteiger partial charge in [-0.2, -0.15) is 0 Å². The van der Waals surface area contributed by atoms with E-state index >= 15 is 0 Å². The third-order valence-electron chi connectivity index (χ3n) is 6.61. The monoisotopic (exact) mass is 467 g/mol. The predicted molar refractivity (Wildman–Crippen MR) is 145 cm³/mol. The molecular formula is C32H21NO3. The lowest BCUT2D eigenvalue weighted by molar-refractivity contribution is 0.475. The maximum atomic E-state index is 9.92. The predicted octanol–water partition coefficient (Wildman–Crippen LogP) is 9.17. The first kappa shape index (κ1) is 20.4. The van der Waals surface area contributed by atoms with Crippen molar-refractivity contribution in [3.05, 3.63) is 122 Å². The number of furan rings is 2. The molecule has 5 aromatic carbocycles. The molecule has 0 aliphatic rings. The quantitative estimate of drug-likeness (QED) is 0.280. The lowest BCUT2D eigenvalue weighted by Crippen LogP contribution is -2.09. The average molecular weight is 468 g/mol. The summed E-state index contributed by atoms with van der Waals surface area (Å²) in [6.07, 6.45) is 1.72. The molecule has 0 saturated carbocycles. The van der Waals surface area contributed by atoms with Gasteiger partial charge in [0.25, 0.3) is 0 Å². The van der Waals surface area contributed by atoms with E-state index < -0.39 is 0 Å². The highest BCUT2D eigenvalue weighted by Crippen LogP contribution is 2.44. The fourth-order valence-electron chi connectivity index (χ4n) is 4.96. The summed E-state index contributed by atoms with van der Waals surface area (Å²) in [6.45, 7) is 0. The molecule has 0 radical (unpaired) electrons. The van der Waals surface area contributed by atoms with Crippen LogP contribution in [0.15, 0.2) is 130 Å². The highest BCUT2D eigenvalue weighted by Gasteiger charge is 2.19. The molecule has 172 valence electrons. The second-order valence-electron chi connectivity index (χ2n) is 8.83. The van der Waals surface area contributed by atoms with Crippen molar-refractivity contribution in [1.82, 2.24) is 0 Å². The summed E-state index contributed by atoms with van der Waals surface area (Å²) in [4.78, 5) is 2.17. The van der Waals surface area contributed by atoms with Gasteiger partial charge in [-0.05, 0) is 77.9 Å². The van der Waals surface area contributed by atoms with Crippen LogP contribution in [0.5, 0.6) is 5.75 Å². The first-order chi connectivity index (χ1) is 17.7. The third kappa shape index (κ3) is 3.31. The molecule has 0 saturated heterocycles. The van der Waals surface area contributed by atoms with Crippen molar-refractivity contribution in [2.45, 2.75) is 0 Å². The molecule has 0 unspecified atom stereocenters. The number of hydrogen-bond donors (Lipinski definition) is 1. The fraction of sp³-hybridized carbons (Fsp3) is 0. The Balaban J connectivity index is 1.54. The van der Waals surface area contributed by atoms with Crippen LogP contribution in [0.3, 0.4) is 0 Å². The van der Waals surface area contributed by atoms with Crippen molar-refractivity contribution < 1.29 is 13.9 Å². The van der Waals surface area contributed by atoms with Crippen LogP contribution >= 0.6 is 0 Å². The smallest absolute Gasteiger partial charge is 0.138 e. The van der Waals surface area contributed by atoms with Gasteiger partial charge in [0.15, 0.2) is 0 Å². The SMILES string of the molecule is Oc1ccc(N(c2ccccc2)c2cc(-c3ccc4occc4c3)c3c(c2)oc2ccccc23)cc1. The summed E-state index contributed by atoms with van der Waals surface area (Å²) in [5.74, 6) is 0.230. The number of fused-ring (bicyclic) bond motifs is 4. The lowest BCUT2D eigenvalue weighted by Gasteiger charge is -2.26. The Morgan fingerprint density at radius 3 is 2.22 bits per heavy atom. The largest absolute Gasteiger partial charge is 0.508 e. The fourth-order valence-corrected chi connectivity index (χ4v) is 4.96. The van der Waals surface area contributed by atoms with Gasteiger partial charge in [0.2, 0.25) is 0 Å². The number of phenolic OH excluding ortho intramolecular Hbond substituents is 1. The van der Waals surface area contributed by atoms with Gasteiger partial charge in [0.05, 0.1) is 12.0 Å². The summed E-state index contributed by atoms with van der Waals surface area (Å²) in [6, 6.07) is 38.2. The highest BCUT2D eigenvalue weighted by molar-refractivity contribution is 6.14. The molecule has 0 aliphatic heterocycles. The molecule has 0 spiro atoms. The zero-order valence-corrected chi connectivity index (χ0v) is 19.3. The Bertz CT molecular complexity index is 1850. The number of anilines is 3. The van der Waals surface area contributed by atoms with Crippen molar-refractivity contribution in [3.63, 3.8) is 0 Å². The molecule has 4 nitrogen and oxygen atoms in total. The van der Waals surface area contributed by atoms with Crippen LogP contribution in [-0.4, -0.2) is 5.11 Å². The van der Waals surface area contributed by atoms with Gasteiger partial charge >= 0.3 is 0 Å². The minimum atomic E-state index is 0.230. The van der Waals surface area contributed by atoms with E-state index in [1.165, 1.54) is 0 Å². The van der Waals surface area contributed by atoms with Crippen LogP contribution in [0.25, 0.3) is 44.0 Å². The Kier molecular flexibility index (Phi) is 4.57. The van der Waals surface area contributed by atoms with Gasteiger partial charge in [0, 0.05) is 33.6 Å². The van der Waals surface area contributed by atoms with Crippen LogP contribution < -0.4 is 4.90 Å². The van der Waals surface area contributed by atoms with E-state index in [0.717, 1.165) is 61.1 Å². The molecule has 2 aromatic heterocycles. The van der Waals surface area contributed by atoms with Gasteiger partial charge in [-0.1, -0.05) is 42.5 Å². The molecule has 2 heterocycles. The molecule has 1 N–H and O–H groups in total. The average Bonchev–Trinajstić information content (AvgIpc) is 3.54. The molecule has 7 rings (SSSR count). The van der Waals surface area contributed by atoms with Gasteiger partial charge in [-0.3, -0.25) is 0 Å². The summed E-state index contributed by atoms with van der Waals surface area (Å²) in [7, 11) is 0. The number of para-hydroxylation sites is 2. The van der Waals surface area contributed by atoms with Gasteiger partial charge in [-0.25, -0.2) is 0 Å². The molecule has 0 bridgehead atoms. The van der Waals surface area contributed by atoms with E-state index in [-0.39, 0.29) is 5.75 Å². The second-order valence-corrected chi connectivity index (χ2v) is 8.83. The van der Waals surface area contributed by atoms with Gasteiger partial charge in [-0.15, -0.1) is 0 Å². The minimum Gasteiger partial charge on any atom is -0.508 e. The summed E-state index contributed by atoms with van der Waals surface area (Å²) in [5.41, 5.74) is 7.60. The normalized spacial score (nSPS) is 11.4. The molecule has 0 fully saturated rings. The maximum absolute atomic E-state index is 9.92. The number of aromatic hydroxyl groups is 1. The van der Waals surface area contributed by atoms with E-state index in [4.69, 9.17) is 8.83 Å². The first-order valence-electron chi connectivity index (χ1n) is 11.8. The van der Waals surface area contributed by atoms with E-state index in [2.05, 4.69) is 47.4 Å². The number of rotatable bonds is 4. The van der Waals surface area contributed by atoms with Crippen LogP contribution in [0.4, 0.5) is 17.1 Å². The Morgan fingerprint density at radius 2 is 1.36 bits per heavy atom. The molecule has 36 heavy (non-hydrogen) atoms. The highest BCUT2D eigenvalue weighted by atomic mass is 16.3. The number of benzene rings is 5. The van der Waals surface area contributed by atoms with Crippen LogP contribution in [0.2, 0.25) is 0 Å². The summed E-state index contributed by atoms with van der Waals surface area (Å²) in [5, 5.41) is 13.1. The second kappa shape index (κ2) is 8.07. The van der Waals surface area contributed by atoms with Crippen LogP contribution in [0.1, 0.15) is 0 Å². The van der Waals surface area contributed by atoms with E-state index in [1.54, 1.807) is 18.4 Å². The molecule has 0 aliphatic carbocycles. The van der Waals surface area contributed by atoms with Crippen molar-refractivity contribution in [3.8, 4) is 16.9 Å². The van der Waals surface area contributed by atoms with Crippen molar-refractivity contribution in [2.24, 2.45) is 0 Å². The molecule has 7 aromatic rings. The summed E-state index contributed by atoms with van der Waals surface area (Å²) < 4.78 is 12.0. The van der Waals surface area contributed by atoms with Crippen LogP contribution in [-0.2, 0) is 0 Å². The molecular weight excluding hydrogens is 446 g/mol. The molecule has 0 amide bonds. The van der Waals surface area contributed by atoms with Crippen molar-refractivity contribution >= 4 is 50.0 Å². The molecule has 0 atom stereocenters. The van der Waals surface area contributed by atoms with Crippen LogP contribution in [0, 0.1) is 0 Å². The number of nitrogens with zero attached hydrogens (tertiary/aromatic N) is 1. The topological polar surface area (TPSA) is 49.8 Å². The van der Waals surface area contributed by atoms with E-state index in [1.807, 2.05) is 60.7 Å². The van der Waals surface area contributed by atoms with E-state index in [9.17, 15) is 5.11 Å². The standard InChI is InChI=1S/C32H21NO3/c34-26-13-11-24(12-14-26)33(23-6-2-1-3-7-23)25-19-28(21-10-15-29-22(18-21)16-17-35-29)32-27-8-4-5-9-30(27)36-31(32)20-25/h1-20,34H. The zero-order valence-electron chi connectivity index (χ0n) is 19.3. The van der Waals surface area contributed by atoms with E-state index in [0.29, 0.717) is 0 Å². The Hall–Kier alpha value is -4.96. The number of hydrogen-bond acceptors (Lipinski definition) is 4. The maximum Gasteiger partial charge on any atom is 0.138 e. The lowest BCUT2D eigenvalue weighted by atomic mass is 9.97. The van der Waals surface area contributed by atoms with Crippen molar-refractivity contribution in [2.75, 3.05) is 4.90 Å². The Labute approximate surface area is 207 Å². The van der Waals surface area contributed by atoms with Crippen molar-refractivity contribution in [1.29, 1.82) is 0 Å². The number of phenols is 1. The summed E-state index contributed by atoms with van der Waals surface area (Å²) >= 11 is 0. The first-order valence-corrected chi connectivity index (χ1v) is 11.8. The van der Waals surface area contributed by atoms with Gasteiger partial charge < -0.3 is 18.8 Å². The zero-order chi connectivity index (χ0) is 24.1. The third-order valence-corrected chi connectivity index (χ3v) is 6.61. The van der Waals surface area contributed by atoms with Gasteiger partial charge in [0.1, 0.15) is 22.5 Å².